The van der Waals surface area contributed by atoms with Crippen LogP contribution in [0.2, 0.25) is 0 Å². The van der Waals surface area contributed by atoms with Crippen molar-refractivity contribution >= 4 is 23.4 Å². The lowest BCUT2D eigenvalue weighted by Crippen LogP contribution is -2.14. The van der Waals surface area contributed by atoms with Gasteiger partial charge >= 0.3 is 0 Å². The van der Waals surface area contributed by atoms with Crippen molar-refractivity contribution in [3.63, 3.8) is 0 Å². The molecule has 1 atom stereocenters. The maximum absolute atomic E-state index is 8.83. The summed E-state index contributed by atoms with van der Waals surface area (Å²) in [5, 5.41) is 17.2. The lowest BCUT2D eigenvalue weighted by Gasteiger charge is -2.03. The van der Waals surface area contributed by atoms with E-state index in [9.17, 15) is 0 Å². The molecule has 0 rings (SSSR count). The second kappa shape index (κ2) is 7.41. The van der Waals surface area contributed by atoms with E-state index in [4.69, 9.17) is 21.8 Å². The Kier molecular flexibility index (Phi) is 7.63. The number of aliphatic hydroxyl groups is 2. The minimum atomic E-state index is -0.603. The van der Waals surface area contributed by atoms with Crippen molar-refractivity contribution in [1.29, 1.82) is 0 Å². The largest absolute Gasteiger partial charge is 0.394 e. The van der Waals surface area contributed by atoms with E-state index in [0.29, 0.717) is 5.75 Å². The van der Waals surface area contributed by atoms with E-state index in [-0.39, 0.29) is 6.61 Å². The normalized spacial score (nSPS) is 14.3. The van der Waals surface area contributed by atoms with Crippen LogP contribution in [-0.4, -0.2) is 34.4 Å². The van der Waals surface area contributed by atoms with Gasteiger partial charge in [0.25, 0.3) is 0 Å². The third-order valence-corrected chi connectivity index (χ3v) is 2.05. The topological polar surface area (TPSA) is 40.5 Å². The van der Waals surface area contributed by atoms with Gasteiger partial charge in [-0.2, -0.15) is 11.8 Å². The predicted octanol–water partition coefficient (Wildman–Crippen LogP) is 0.825. The third kappa shape index (κ3) is 6.42. The molecule has 0 aliphatic heterocycles. The van der Waals surface area contributed by atoms with Gasteiger partial charge in [-0.25, -0.2) is 0 Å². The third-order valence-electron chi connectivity index (χ3n) is 0.824. The molecule has 0 heterocycles. The van der Waals surface area contributed by atoms with Crippen molar-refractivity contribution in [2.45, 2.75) is 6.10 Å². The SMILES string of the molecule is OCC(O)CSCC=CCl. The number of thioether (sulfide) groups is 1. The number of halogens is 1. The van der Waals surface area contributed by atoms with Crippen LogP contribution in [0.15, 0.2) is 11.6 Å². The molecule has 2 N–H and O–H groups in total. The van der Waals surface area contributed by atoms with E-state index in [2.05, 4.69) is 0 Å². The van der Waals surface area contributed by atoms with E-state index in [1.165, 1.54) is 17.3 Å². The smallest absolute Gasteiger partial charge is 0.0861 e. The molecule has 0 saturated heterocycles. The van der Waals surface area contributed by atoms with Crippen LogP contribution in [0.1, 0.15) is 0 Å². The van der Waals surface area contributed by atoms with Gasteiger partial charge in [-0.1, -0.05) is 17.7 Å². The molecule has 0 fully saturated rings. The van der Waals surface area contributed by atoms with Gasteiger partial charge in [0.05, 0.1) is 12.7 Å². The highest BCUT2D eigenvalue weighted by molar-refractivity contribution is 7.99. The fourth-order valence-electron chi connectivity index (χ4n) is 0.361. The molecule has 0 saturated carbocycles. The van der Waals surface area contributed by atoms with E-state index >= 15 is 0 Å². The highest BCUT2D eigenvalue weighted by Crippen LogP contribution is 2.02. The Bertz CT molecular complexity index is 97.7. The highest BCUT2D eigenvalue weighted by atomic mass is 35.5. The van der Waals surface area contributed by atoms with Gasteiger partial charge in [-0.15, -0.1) is 0 Å². The number of hydrogen-bond donors (Lipinski definition) is 2. The summed E-state index contributed by atoms with van der Waals surface area (Å²) in [6, 6.07) is 0. The molecular formula is C6H11ClO2S. The summed E-state index contributed by atoms with van der Waals surface area (Å²) >= 11 is 6.77. The van der Waals surface area contributed by atoms with Gasteiger partial charge in [0, 0.05) is 17.0 Å². The van der Waals surface area contributed by atoms with E-state index < -0.39 is 6.10 Å². The van der Waals surface area contributed by atoms with Gasteiger partial charge in [-0.3, -0.25) is 0 Å². The average Bonchev–Trinajstić information content (AvgIpc) is 1.98. The molecule has 2 nitrogen and oxygen atoms in total. The zero-order valence-electron chi connectivity index (χ0n) is 5.53. The highest BCUT2D eigenvalue weighted by Gasteiger charge is 1.98. The molecule has 0 aromatic carbocycles. The summed E-state index contributed by atoms with van der Waals surface area (Å²) in [5.41, 5.74) is 1.44. The quantitative estimate of drug-likeness (QED) is 0.619. The molecule has 0 bridgehead atoms. The van der Waals surface area contributed by atoms with Crippen LogP contribution >= 0.6 is 23.4 Å². The van der Waals surface area contributed by atoms with E-state index in [1.54, 1.807) is 6.08 Å². The summed E-state index contributed by atoms with van der Waals surface area (Å²) in [6.07, 6.45) is 1.18. The minimum Gasteiger partial charge on any atom is -0.394 e. The fourth-order valence-corrected chi connectivity index (χ4v) is 1.30. The van der Waals surface area contributed by atoms with Crippen molar-refractivity contribution in [2.75, 3.05) is 18.1 Å². The fraction of sp³-hybridized carbons (Fsp3) is 0.667. The molecule has 0 aliphatic carbocycles. The lowest BCUT2D eigenvalue weighted by atomic mass is 10.4. The van der Waals surface area contributed by atoms with Crippen molar-refractivity contribution in [3.05, 3.63) is 11.6 Å². The first-order chi connectivity index (χ1) is 4.81. The first-order valence-electron chi connectivity index (χ1n) is 2.93. The Balaban J connectivity index is 3.03. The summed E-state index contributed by atoms with van der Waals surface area (Å²) < 4.78 is 0. The van der Waals surface area contributed by atoms with Crippen LogP contribution in [0.5, 0.6) is 0 Å². The molecule has 0 aromatic heterocycles. The summed E-state index contributed by atoms with van der Waals surface area (Å²) in [6.45, 7) is -0.169. The molecule has 4 heteroatoms. The molecule has 0 radical (unpaired) electrons. The van der Waals surface area contributed by atoms with Gasteiger partial charge < -0.3 is 10.2 Å². The summed E-state index contributed by atoms with van der Waals surface area (Å²) in [7, 11) is 0. The molecule has 1 unspecified atom stereocenters. The second-order valence-electron chi connectivity index (χ2n) is 1.74. The van der Waals surface area contributed by atoms with Gasteiger partial charge in [0.2, 0.25) is 0 Å². The monoisotopic (exact) mass is 182 g/mol. The predicted molar refractivity (Wildman–Crippen MR) is 45.4 cm³/mol. The Hall–Kier alpha value is 0.300. The Morgan fingerprint density at radius 1 is 1.60 bits per heavy atom. The van der Waals surface area contributed by atoms with Gasteiger partial charge in [0.1, 0.15) is 0 Å². The Labute approximate surface area is 69.9 Å². The first-order valence-corrected chi connectivity index (χ1v) is 4.52. The number of hydrogen-bond acceptors (Lipinski definition) is 3. The van der Waals surface area contributed by atoms with Crippen molar-refractivity contribution < 1.29 is 10.2 Å². The van der Waals surface area contributed by atoms with Crippen LogP contribution in [0, 0.1) is 0 Å². The van der Waals surface area contributed by atoms with Crippen LogP contribution in [0.4, 0.5) is 0 Å². The Morgan fingerprint density at radius 3 is 2.80 bits per heavy atom. The molecule has 10 heavy (non-hydrogen) atoms. The molecular weight excluding hydrogens is 172 g/mol. The van der Waals surface area contributed by atoms with Crippen molar-refractivity contribution in [2.24, 2.45) is 0 Å². The molecule has 0 spiro atoms. The minimum absolute atomic E-state index is 0.169. The van der Waals surface area contributed by atoms with E-state index in [1.807, 2.05) is 0 Å². The second-order valence-corrected chi connectivity index (χ2v) is 3.06. The summed E-state index contributed by atoms with van der Waals surface area (Å²) in [5.74, 6) is 1.33. The molecule has 0 aromatic rings. The maximum Gasteiger partial charge on any atom is 0.0861 e. The molecule has 60 valence electrons. The van der Waals surface area contributed by atoms with Gasteiger partial charge in [-0.05, 0) is 0 Å². The van der Waals surface area contributed by atoms with Crippen LogP contribution in [-0.2, 0) is 0 Å². The summed E-state index contributed by atoms with van der Waals surface area (Å²) in [4.78, 5) is 0. The maximum atomic E-state index is 8.83. The van der Waals surface area contributed by atoms with Crippen molar-refractivity contribution in [1.82, 2.24) is 0 Å². The standard InChI is InChI=1S/C6H11ClO2S/c7-2-1-3-10-5-6(9)4-8/h1-2,6,8-9H,3-5H2. The van der Waals surface area contributed by atoms with Crippen LogP contribution in [0.25, 0.3) is 0 Å². The van der Waals surface area contributed by atoms with Gasteiger partial charge in [0.15, 0.2) is 0 Å². The average molecular weight is 183 g/mol. The van der Waals surface area contributed by atoms with Crippen LogP contribution in [0.3, 0.4) is 0 Å². The van der Waals surface area contributed by atoms with Crippen LogP contribution < -0.4 is 0 Å². The number of rotatable bonds is 5. The Morgan fingerprint density at radius 2 is 2.30 bits per heavy atom. The first kappa shape index (κ1) is 10.3. The zero-order chi connectivity index (χ0) is 7.82. The lowest BCUT2D eigenvalue weighted by molar-refractivity contribution is 0.113. The van der Waals surface area contributed by atoms with E-state index in [0.717, 1.165) is 5.75 Å². The number of aliphatic hydroxyl groups excluding tert-OH is 2. The zero-order valence-corrected chi connectivity index (χ0v) is 7.11. The molecule has 0 aliphatic rings. The van der Waals surface area contributed by atoms with Crippen molar-refractivity contribution in [3.8, 4) is 0 Å². The molecule has 0 amide bonds.